The van der Waals surface area contributed by atoms with Crippen LogP contribution < -0.4 is 10.1 Å². The normalized spacial score (nSPS) is 10.5. The van der Waals surface area contributed by atoms with E-state index in [1.807, 2.05) is 31.2 Å². The van der Waals surface area contributed by atoms with E-state index in [-0.39, 0.29) is 5.91 Å². The Labute approximate surface area is 152 Å². The summed E-state index contributed by atoms with van der Waals surface area (Å²) in [5.74, 6) is 0.443. The first-order valence-corrected chi connectivity index (χ1v) is 8.86. The number of thiazole rings is 1. The number of aromatic nitrogens is 1. The first-order valence-electron chi connectivity index (χ1n) is 7.25. The average Bonchev–Trinajstić information content (AvgIpc) is 2.96. The number of anilines is 1. The quantitative estimate of drug-likeness (QED) is 0.656. The van der Waals surface area contributed by atoms with Crippen LogP contribution in [-0.4, -0.2) is 18.0 Å². The number of nitrogens with one attached hydrogen (secondary N) is 1. The first-order chi connectivity index (χ1) is 11.6. The molecule has 0 saturated heterocycles. The molecule has 0 aliphatic carbocycles. The van der Waals surface area contributed by atoms with Gasteiger partial charge in [-0.15, -0.1) is 11.3 Å². The SMILES string of the molecule is COc1cccc(C(=O)Nc2nc(-c3ccc(Br)cc3)c(C)s2)c1. The maximum atomic E-state index is 12.4. The molecule has 2 aromatic carbocycles. The van der Waals surface area contributed by atoms with E-state index in [9.17, 15) is 4.79 Å². The van der Waals surface area contributed by atoms with Crippen LogP contribution in [0.25, 0.3) is 11.3 Å². The summed E-state index contributed by atoms with van der Waals surface area (Å²) in [5.41, 5.74) is 2.44. The lowest BCUT2D eigenvalue weighted by Gasteiger charge is -2.04. The van der Waals surface area contributed by atoms with Crippen molar-refractivity contribution in [2.45, 2.75) is 6.92 Å². The van der Waals surface area contributed by atoms with Gasteiger partial charge in [-0.2, -0.15) is 0 Å². The maximum Gasteiger partial charge on any atom is 0.257 e. The molecular formula is C18H15BrN2O2S. The lowest BCUT2D eigenvalue weighted by atomic mass is 10.1. The second kappa shape index (κ2) is 7.15. The van der Waals surface area contributed by atoms with Crippen LogP contribution in [0.15, 0.2) is 53.0 Å². The Hall–Kier alpha value is -2.18. The van der Waals surface area contributed by atoms with Gasteiger partial charge < -0.3 is 4.74 Å². The van der Waals surface area contributed by atoms with Gasteiger partial charge in [-0.25, -0.2) is 4.98 Å². The summed E-state index contributed by atoms with van der Waals surface area (Å²) in [6.07, 6.45) is 0. The standard InChI is InChI=1S/C18H15BrN2O2S/c1-11-16(12-6-8-14(19)9-7-12)20-18(24-11)21-17(22)13-4-3-5-15(10-13)23-2/h3-10H,1-2H3,(H,20,21,22). The highest BCUT2D eigenvalue weighted by atomic mass is 79.9. The Morgan fingerprint density at radius 3 is 2.67 bits per heavy atom. The lowest BCUT2D eigenvalue weighted by molar-refractivity contribution is 0.102. The van der Waals surface area contributed by atoms with E-state index in [1.54, 1.807) is 31.4 Å². The highest BCUT2D eigenvalue weighted by Crippen LogP contribution is 2.31. The van der Waals surface area contributed by atoms with Gasteiger partial charge in [-0.1, -0.05) is 34.1 Å². The number of halogens is 1. The molecule has 122 valence electrons. The smallest absolute Gasteiger partial charge is 0.257 e. The number of carbonyl (C=O) groups excluding carboxylic acids is 1. The van der Waals surface area contributed by atoms with Gasteiger partial charge in [0.1, 0.15) is 5.75 Å². The number of ether oxygens (including phenoxy) is 1. The van der Waals surface area contributed by atoms with Crippen molar-refractivity contribution >= 4 is 38.3 Å². The first kappa shape index (κ1) is 16.7. The lowest BCUT2D eigenvalue weighted by Crippen LogP contribution is -2.11. The molecule has 0 radical (unpaired) electrons. The predicted octanol–water partition coefficient (Wildman–Crippen LogP) is 5.14. The monoisotopic (exact) mass is 402 g/mol. The molecule has 3 aromatic rings. The molecule has 1 aromatic heterocycles. The van der Waals surface area contributed by atoms with Gasteiger partial charge in [0.25, 0.3) is 5.91 Å². The molecule has 6 heteroatoms. The number of rotatable bonds is 4. The molecule has 1 N–H and O–H groups in total. The van der Waals surface area contributed by atoms with Crippen LogP contribution in [-0.2, 0) is 0 Å². The Bertz CT molecular complexity index is 875. The van der Waals surface area contributed by atoms with Crippen molar-refractivity contribution in [3.8, 4) is 17.0 Å². The summed E-state index contributed by atoms with van der Waals surface area (Å²) in [5, 5.41) is 3.44. The van der Waals surface area contributed by atoms with Gasteiger partial charge in [0.15, 0.2) is 5.13 Å². The van der Waals surface area contributed by atoms with Gasteiger partial charge in [-0.3, -0.25) is 10.1 Å². The molecule has 0 aliphatic rings. The molecule has 3 rings (SSSR count). The zero-order chi connectivity index (χ0) is 17.1. The number of carbonyl (C=O) groups is 1. The van der Waals surface area contributed by atoms with Crippen molar-refractivity contribution in [3.05, 3.63) is 63.4 Å². The van der Waals surface area contributed by atoms with Crippen LogP contribution in [0.3, 0.4) is 0 Å². The highest BCUT2D eigenvalue weighted by Gasteiger charge is 2.13. The third kappa shape index (κ3) is 3.66. The van der Waals surface area contributed by atoms with Gasteiger partial charge in [-0.05, 0) is 37.3 Å². The molecule has 24 heavy (non-hydrogen) atoms. The maximum absolute atomic E-state index is 12.4. The molecule has 0 saturated carbocycles. The number of hydrogen-bond donors (Lipinski definition) is 1. The molecule has 1 amide bonds. The molecular weight excluding hydrogens is 388 g/mol. The van der Waals surface area contributed by atoms with Gasteiger partial charge in [0, 0.05) is 20.5 Å². The van der Waals surface area contributed by atoms with Crippen LogP contribution >= 0.6 is 27.3 Å². The Kier molecular flexibility index (Phi) is 4.97. The third-order valence-electron chi connectivity index (χ3n) is 3.47. The van der Waals surface area contributed by atoms with Crippen molar-refractivity contribution in [2.75, 3.05) is 12.4 Å². The molecule has 0 aliphatic heterocycles. The van der Waals surface area contributed by atoms with Gasteiger partial charge >= 0.3 is 0 Å². The topological polar surface area (TPSA) is 51.2 Å². The summed E-state index contributed by atoms with van der Waals surface area (Å²) in [4.78, 5) is 18.0. The van der Waals surface area contributed by atoms with E-state index in [0.717, 1.165) is 20.6 Å². The van der Waals surface area contributed by atoms with Crippen molar-refractivity contribution in [1.82, 2.24) is 4.98 Å². The third-order valence-corrected chi connectivity index (χ3v) is 4.88. The zero-order valence-corrected chi connectivity index (χ0v) is 15.6. The molecule has 0 fully saturated rings. The largest absolute Gasteiger partial charge is 0.497 e. The van der Waals surface area contributed by atoms with E-state index in [4.69, 9.17) is 4.74 Å². The summed E-state index contributed by atoms with van der Waals surface area (Å²) in [6, 6.07) is 15.0. The molecule has 0 unspecified atom stereocenters. The second-order valence-electron chi connectivity index (χ2n) is 5.12. The zero-order valence-electron chi connectivity index (χ0n) is 13.2. The number of aryl methyl sites for hydroxylation is 1. The number of methoxy groups -OCH3 is 1. The molecule has 1 heterocycles. The number of hydrogen-bond acceptors (Lipinski definition) is 4. The van der Waals surface area contributed by atoms with E-state index in [1.165, 1.54) is 11.3 Å². The second-order valence-corrected chi connectivity index (χ2v) is 7.24. The molecule has 0 bridgehead atoms. The molecule has 0 spiro atoms. The highest BCUT2D eigenvalue weighted by molar-refractivity contribution is 9.10. The van der Waals surface area contributed by atoms with Crippen LogP contribution in [0, 0.1) is 6.92 Å². The fourth-order valence-corrected chi connectivity index (χ4v) is 3.35. The summed E-state index contributed by atoms with van der Waals surface area (Å²) in [6.45, 7) is 2.00. The van der Waals surface area contributed by atoms with Crippen molar-refractivity contribution < 1.29 is 9.53 Å². The number of amides is 1. The Morgan fingerprint density at radius 2 is 1.96 bits per heavy atom. The average molecular weight is 403 g/mol. The van der Waals surface area contributed by atoms with E-state index in [0.29, 0.717) is 16.4 Å². The minimum absolute atomic E-state index is 0.204. The molecule has 4 nitrogen and oxygen atoms in total. The summed E-state index contributed by atoms with van der Waals surface area (Å²) >= 11 is 4.89. The minimum atomic E-state index is -0.204. The van der Waals surface area contributed by atoms with Crippen molar-refractivity contribution in [3.63, 3.8) is 0 Å². The van der Waals surface area contributed by atoms with Gasteiger partial charge in [0.05, 0.1) is 12.8 Å². The fourth-order valence-electron chi connectivity index (χ4n) is 2.26. The van der Waals surface area contributed by atoms with E-state index in [2.05, 4.69) is 26.2 Å². The Morgan fingerprint density at radius 1 is 1.21 bits per heavy atom. The van der Waals surface area contributed by atoms with Crippen LogP contribution in [0.1, 0.15) is 15.2 Å². The van der Waals surface area contributed by atoms with Gasteiger partial charge in [0.2, 0.25) is 0 Å². The van der Waals surface area contributed by atoms with E-state index < -0.39 is 0 Å². The fraction of sp³-hybridized carbons (Fsp3) is 0.111. The minimum Gasteiger partial charge on any atom is -0.497 e. The van der Waals surface area contributed by atoms with E-state index >= 15 is 0 Å². The van der Waals surface area contributed by atoms with Crippen LogP contribution in [0.5, 0.6) is 5.75 Å². The summed E-state index contributed by atoms with van der Waals surface area (Å²) in [7, 11) is 1.58. The number of nitrogens with zero attached hydrogens (tertiary/aromatic N) is 1. The molecule has 0 atom stereocenters. The van der Waals surface area contributed by atoms with Crippen LogP contribution in [0.2, 0.25) is 0 Å². The van der Waals surface area contributed by atoms with Crippen molar-refractivity contribution in [2.24, 2.45) is 0 Å². The van der Waals surface area contributed by atoms with Crippen LogP contribution in [0.4, 0.5) is 5.13 Å². The Balaban J connectivity index is 1.82. The van der Waals surface area contributed by atoms with Crippen molar-refractivity contribution in [1.29, 1.82) is 0 Å². The summed E-state index contributed by atoms with van der Waals surface area (Å²) < 4.78 is 6.17. The number of benzene rings is 2. The predicted molar refractivity (Wildman–Crippen MR) is 101 cm³/mol.